The highest BCUT2D eigenvalue weighted by Crippen LogP contribution is 2.65. The second-order valence-electron chi connectivity index (χ2n) is 5.05. The number of carbonyl (C=O) groups excluding carboxylic acids is 2. The second kappa shape index (κ2) is 5.03. The first kappa shape index (κ1) is 14.4. The lowest BCUT2D eigenvalue weighted by molar-refractivity contribution is -0.157. The van der Waals surface area contributed by atoms with Gasteiger partial charge in [0.05, 0.1) is 20.3 Å². The molecule has 4 atom stereocenters. The predicted octanol–water partition coefficient (Wildman–Crippen LogP) is 1.87. The van der Waals surface area contributed by atoms with Gasteiger partial charge in [0.1, 0.15) is 11.8 Å². The molecule has 0 radical (unpaired) electrons. The molecule has 1 fully saturated rings. The van der Waals surface area contributed by atoms with Crippen LogP contribution in [0.25, 0.3) is 0 Å². The third-order valence-corrected chi connectivity index (χ3v) is 5.45. The van der Waals surface area contributed by atoms with Crippen LogP contribution < -0.4 is 0 Å². The Kier molecular flexibility index (Phi) is 3.45. The molecule has 6 heteroatoms. The van der Waals surface area contributed by atoms with Crippen LogP contribution in [-0.2, 0) is 28.7 Å². The number of hydrogen-bond donors (Lipinski definition) is 0. The number of esters is 2. The van der Waals surface area contributed by atoms with Crippen LogP contribution in [0.15, 0.2) is 24.3 Å². The number of methoxy groups -OCH3 is 2. The number of thioether (sulfide) groups is 1. The number of hydrogen-bond acceptors (Lipinski definition) is 6. The first-order chi connectivity index (χ1) is 10.1. The summed E-state index contributed by atoms with van der Waals surface area (Å²) < 4.78 is 15.9. The molecule has 0 aliphatic carbocycles. The average molecular weight is 308 g/mol. The smallest absolute Gasteiger partial charge is 0.313 e. The van der Waals surface area contributed by atoms with E-state index in [4.69, 9.17) is 14.2 Å². The monoisotopic (exact) mass is 308 g/mol. The summed E-state index contributed by atoms with van der Waals surface area (Å²) in [7, 11) is 2.64. The molecule has 2 bridgehead atoms. The Morgan fingerprint density at radius 2 is 1.86 bits per heavy atom. The summed E-state index contributed by atoms with van der Waals surface area (Å²) in [5.74, 6) is -2.27. The Labute approximate surface area is 126 Å². The Morgan fingerprint density at radius 3 is 2.48 bits per heavy atom. The summed E-state index contributed by atoms with van der Waals surface area (Å²) in [6, 6.07) is 7.68. The number of benzene rings is 1. The molecule has 0 N–H and O–H groups in total. The van der Waals surface area contributed by atoms with Crippen LogP contribution in [0.1, 0.15) is 17.2 Å². The lowest BCUT2D eigenvalue weighted by atomic mass is 9.75. The van der Waals surface area contributed by atoms with Gasteiger partial charge < -0.3 is 14.2 Å². The molecule has 0 saturated carbocycles. The fourth-order valence-electron chi connectivity index (χ4n) is 3.41. The first-order valence-corrected chi connectivity index (χ1v) is 7.81. The molecule has 2 aliphatic rings. The molecule has 0 spiro atoms. The number of rotatable bonds is 3. The van der Waals surface area contributed by atoms with Gasteiger partial charge in [-0.05, 0) is 11.8 Å². The molecule has 1 aromatic carbocycles. The summed E-state index contributed by atoms with van der Waals surface area (Å²) in [5.41, 5.74) is 1.89. The van der Waals surface area contributed by atoms with E-state index in [9.17, 15) is 9.59 Å². The van der Waals surface area contributed by atoms with Gasteiger partial charge in [-0.15, -0.1) is 11.8 Å². The number of ether oxygens (including phenoxy) is 3. The summed E-state index contributed by atoms with van der Waals surface area (Å²) in [4.78, 5) is 23.6. The van der Waals surface area contributed by atoms with Crippen LogP contribution in [0.2, 0.25) is 0 Å². The summed E-state index contributed by atoms with van der Waals surface area (Å²) in [6.07, 6.45) is 1.40. The highest BCUT2D eigenvalue weighted by Gasteiger charge is 2.67. The molecule has 0 unspecified atom stereocenters. The topological polar surface area (TPSA) is 61.8 Å². The highest BCUT2D eigenvalue weighted by atomic mass is 32.2. The molecule has 112 valence electrons. The van der Waals surface area contributed by atoms with Gasteiger partial charge in [0, 0.05) is 5.56 Å². The van der Waals surface area contributed by atoms with E-state index in [1.807, 2.05) is 30.5 Å². The highest BCUT2D eigenvalue weighted by molar-refractivity contribution is 7.99. The van der Waals surface area contributed by atoms with Gasteiger partial charge in [-0.2, -0.15) is 0 Å². The largest absolute Gasteiger partial charge is 0.469 e. The van der Waals surface area contributed by atoms with Crippen molar-refractivity contribution >= 4 is 23.7 Å². The van der Waals surface area contributed by atoms with Gasteiger partial charge in [-0.25, -0.2) is 0 Å². The van der Waals surface area contributed by atoms with Crippen molar-refractivity contribution in [2.75, 3.05) is 20.5 Å². The van der Waals surface area contributed by atoms with Crippen LogP contribution >= 0.6 is 11.8 Å². The maximum Gasteiger partial charge on any atom is 0.313 e. The van der Waals surface area contributed by atoms with Crippen molar-refractivity contribution in [1.29, 1.82) is 0 Å². The predicted molar refractivity (Wildman–Crippen MR) is 76.5 cm³/mol. The van der Waals surface area contributed by atoms with Gasteiger partial charge in [0.15, 0.2) is 4.93 Å². The van der Waals surface area contributed by atoms with E-state index in [1.54, 1.807) is 0 Å². The SMILES string of the molecule is COC(=O)[C@@H]1[C@H]2O[C@](SC)(c3ccccc32)[C@H]1C(=O)OC. The van der Waals surface area contributed by atoms with Crippen molar-refractivity contribution in [2.24, 2.45) is 11.8 Å². The fourth-order valence-corrected chi connectivity index (χ4v) is 4.51. The van der Waals surface area contributed by atoms with Crippen LogP contribution in [-0.4, -0.2) is 32.4 Å². The summed E-state index contributed by atoms with van der Waals surface area (Å²) >= 11 is 1.42. The molecule has 0 aromatic heterocycles. The zero-order valence-electron chi connectivity index (χ0n) is 12.0. The minimum absolute atomic E-state index is 0.444. The third kappa shape index (κ3) is 1.75. The normalized spacial score (nSPS) is 32.6. The van der Waals surface area contributed by atoms with E-state index in [-0.39, 0.29) is 0 Å². The molecule has 1 saturated heterocycles. The molecule has 2 heterocycles. The van der Waals surface area contributed by atoms with E-state index in [0.29, 0.717) is 0 Å². The molecule has 5 nitrogen and oxygen atoms in total. The van der Waals surface area contributed by atoms with Crippen molar-refractivity contribution in [2.45, 2.75) is 11.0 Å². The lowest BCUT2D eigenvalue weighted by Crippen LogP contribution is -2.42. The van der Waals surface area contributed by atoms with Gasteiger partial charge in [-0.3, -0.25) is 9.59 Å². The Bertz CT molecular complexity index is 601. The van der Waals surface area contributed by atoms with E-state index in [0.717, 1.165) is 11.1 Å². The van der Waals surface area contributed by atoms with Crippen LogP contribution in [0.4, 0.5) is 0 Å². The van der Waals surface area contributed by atoms with Crippen molar-refractivity contribution in [3.8, 4) is 0 Å². The first-order valence-electron chi connectivity index (χ1n) is 6.58. The van der Waals surface area contributed by atoms with E-state index in [2.05, 4.69) is 0 Å². The molecule has 0 amide bonds. The Hall–Kier alpha value is -1.53. The van der Waals surface area contributed by atoms with Crippen LogP contribution in [0.5, 0.6) is 0 Å². The van der Waals surface area contributed by atoms with Gasteiger partial charge in [0.25, 0.3) is 0 Å². The molecular formula is C15H16O5S. The lowest BCUT2D eigenvalue weighted by Gasteiger charge is -2.33. The maximum atomic E-state index is 12.3. The minimum Gasteiger partial charge on any atom is -0.469 e. The summed E-state index contributed by atoms with van der Waals surface area (Å²) in [5, 5.41) is 0. The average Bonchev–Trinajstić information content (AvgIpc) is 3.05. The van der Waals surface area contributed by atoms with Crippen LogP contribution in [0, 0.1) is 11.8 Å². The van der Waals surface area contributed by atoms with Crippen molar-refractivity contribution in [1.82, 2.24) is 0 Å². The van der Waals surface area contributed by atoms with E-state index in [1.165, 1.54) is 26.0 Å². The van der Waals surface area contributed by atoms with Crippen LogP contribution in [0.3, 0.4) is 0 Å². The minimum atomic E-state index is -0.882. The number of fused-ring (bicyclic) bond motifs is 5. The fraction of sp³-hybridized carbons (Fsp3) is 0.467. The van der Waals surface area contributed by atoms with E-state index < -0.39 is 34.8 Å². The van der Waals surface area contributed by atoms with Gasteiger partial charge >= 0.3 is 11.9 Å². The van der Waals surface area contributed by atoms with Gasteiger partial charge in [0.2, 0.25) is 0 Å². The molecule has 3 rings (SSSR count). The van der Waals surface area contributed by atoms with Crippen molar-refractivity contribution in [3.63, 3.8) is 0 Å². The van der Waals surface area contributed by atoms with E-state index >= 15 is 0 Å². The van der Waals surface area contributed by atoms with Crippen molar-refractivity contribution < 1.29 is 23.8 Å². The molecule has 1 aromatic rings. The molecule has 2 aliphatic heterocycles. The number of carbonyl (C=O) groups is 2. The van der Waals surface area contributed by atoms with Crippen molar-refractivity contribution in [3.05, 3.63) is 35.4 Å². The third-order valence-electron chi connectivity index (χ3n) is 4.27. The zero-order chi connectivity index (χ0) is 15.2. The molecular weight excluding hydrogens is 292 g/mol. The zero-order valence-corrected chi connectivity index (χ0v) is 12.8. The Balaban J connectivity index is 2.18. The summed E-state index contributed by atoms with van der Waals surface area (Å²) in [6.45, 7) is 0. The maximum absolute atomic E-state index is 12.3. The molecule has 21 heavy (non-hydrogen) atoms. The quantitative estimate of drug-likeness (QED) is 0.794. The standard InChI is InChI=1S/C15H16O5S/c1-18-13(16)10-11(14(17)19-2)15(21-3)9-7-5-4-6-8(9)12(10)20-15/h4-7,10-12H,1-3H3/t10-,11+,12-,15-/m0/s1. The second-order valence-corrected chi connectivity index (χ2v) is 6.06. The van der Waals surface area contributed by atoms with Gasteiger partial charge in [-0.1, -0.05) is 24.3 Å². The Morgan fingerprint density at radius 1 is 1.19 bits per heavy atom.